The maximum absolute atomic E-state index is 3.33. The zero-order valence-corrected chi connectivity index (χ0v) is 5.51. The van der Waals surface area contributed by atoms with Crippen molar-refractivity contribution in [3.05, 3.63) is 12.3 Å². The van der Waals surface area contributed by atoms with E-state index in [2.05, 4.69) is 22.5 Å². The molecule has 0 saturated carbocycles. The maximum atomic E-state index is 3.33. The summed E-state index contributed by atoms with van der Waals surface area (Å²) >= 11 is 0. The van der Waals surface area contributed by atoms with E-state index in [9.17, 15) is 0 Å². The zero-order chi connectivity index (χ0) is 6.10. The first kappa shape index (κ1) is 5.30. The normalized spacial score (nSPS) is 32.9. The number of hydrogen-bond acceptors (Lipinski definition) is 2. The monoisotopic (exact) mass is 124 g/mol. The lowest BCUT2D eigenvalue weighted by Gasteiger charge is -2.30. The standard InChI is InChI=1S/C7H12N2/c1-2-7-3-4-8-6-9(7)5-1/h1,5,7-8H,2-4,6H2. The van der Waals surface area contributed by atoms with Crippen LogP contribution in [0.25, 0.3) is 0 Å². The highest BCUT2D eigenvalue weighted by molar-refractivity contribution is 4.99. The quantitative estimate of drug-likeness (QED) is 0.506. The predicted molar refractivity (Wildman–Crippen MR) is 36.9 cm³/mol. The van der Waals surface area contributed by atoms with E-state index in [-0.39, 0.29) is 0 Å². The van der Waals surface area contributed by atoms with Crippen LogP contribution in [0.3, 0.4) is 0 Å². The van der Waals surface area contributed by atoms with Gasteiger partial charge in [0.25, 0.3) is 0 Å². The largest absolute Gasteiger partial charge is 0.362 e. The molecule has 0 amide bonds. The van der Waals surface area contributed by atoms with Crippen LogP contribution in [0.5, 0.6) is 0 Å². The lowest BCUT2D eigenvalue weighted by molar-refractivity contribution is 0.222. The summed E-state index contributed by atoms with van der Waals surface area (Å²) in [7, 11) is 0. The van der Waals surface area contributed by atoms with Crippen molar-refractivity contribution >= 4 is 0 Å². The molecule has 1 fully saturated rings. The fourth-order valence-electron chi connectivity index (χ4n) is 1.55. The summed E-state index contributed by atoms with van der Waals surface area (Å²) in [5, 5.41) is 3.33. The summed E-state index contributed by atoms with van der Waals surface area (Å²) in [6.45, 7) is 2.25. The molecule has 2 rings (SSSR count). The van der Waals surface area contributed by atoms with Gasteiger partial charge in [-0.1, -0.05) is 6.08 Å². The highest BCUT2D eigenvalue weighted by atomic mass is 15.3. The second kappa shape index (κ2) is 2.03. The van der Waals surface area contributed by atoms with Crippen LogP contribution >= 0.6 is 0 Å². The van der Waals surface area contributed by atoms with Crippen LogP contribution in [-0.2, 0) is 0 Å². The molecule has 0 aliphatic carbocycles. The van der Waals surface area contributed by atoms with E-state index in [1.165, 1.54) is 19.4 Å². The Kier molecular flexibility index (Phi) is 1.19. The van der Waals surface area contributed by atoms with Gasteiger partial charge in [0.15, 0.2) is 0 Å². The first-order valence-corrected chi connectivity index (χ1v) is 3.60. The Bertz CT molecular complexity index is 131. The van der Waals surface area contributed by atoms with Gasteiger partial charge >= 0.3 is 0 Å². The molecule has 1 N–H and O–H groups in total. The van der Waals surface area contributed by atoms with E-state index < -0.39 is 0 Å². The van der Waals surface area contributed by atoms with Crippen molar-refractivity contribution in [1.82, 2.24) is 10.2 Å². The van der Waals surface area contributed by atoms with E-state index >= 15 is 0 Å². The Morgan fingerprint density at radius 2 is 2.56 bits per heavy atom. The summed E-state index contributed by atoms with van der Waals surface area (Å²) < 4.78 is 0. The van der Waals surface area contributed by atoms with Crippen LogP contribution in [0, 0.1) is 0 Å². The summed E-state index contributed by atoms with van der Waals surface area (Å²) in [6.07, 6.45) is 7.04. The average Bonchev–Trinajstić information content (AvgIpc) is 2.33. The number of hydrogen-bond donors (Lipinski definition) is 1. The third-order valence-electron chi connectivity index (χ3n) is 2.12. The number of fused-ring (bicyclic) bond motifs is 1. The van der Waals surface area contributed by atoms with Gasteiger partial charge < -0.3 is 4.90 Å². The summed E-state index contributed by atoms with van der Waals surface area (Å²) in [6, 6.07) is 0.825. The van der Waals surface area contributed by atoms with Crippen molar-refractivity contribution in [2.75, 3.05) is 13.2 Å². The molecule has 0 bridgehead atoms. The molecule has 2 aliphatic heterocycles. The van der Waals surface area contributed by atoms with Crippen molar-refractivity contribution in [3.8, 4) is 0 Å². The molecule has 0 aromatic rings. The Balaban J connectivity index is 2.03. The van der Waals surface area contributed by atoms with Gasteiger partial charge in [0.2, 0.25) is 0 Å². The minimum Gasteiger partial charge on any atom is -0.362 e. The van der Waals surface area contributed by atoms with Crippen molar-refractivity contribution in [2.24, 2.45) is 0 Å². The molecular weight excluding hydrogens is 112 g/mol. The van der Waals surface area contributed by atoms with Crippen LogP contribution in [0.1, 0.15) is 12.8 Å². The van der Waals surface area contributed by atoms with Crippen LogP contribution in [0.15, 0.2) is 12.3 Å². The highest BCUT2D eigenvalue weighted by Gasteiger charge is 2.20. The molecule has 9 heavy (non-hydrogen) atoms. The topological polar surface area (TPSA) is 15.3 Å². The van der Waals surface area contributed by atoms with Gasteiger partial charge in [-0.15, -0.1) is 0 Å². The summed E-state index contributed by atoms with van der Waals surface area (Å²) in [5.74, 6) is 0. The van der Waals surface area contributed by atoms with Gasteiger partial charge in [-0.25, -0.2) is 0 Å². The molecule has 0 spiro atoms. The maximum Gasteiger partial charge on any atom is 0.0679 e. The van der Waals surface area contributed by atoms with Gasteiger partial charge in [0.1, 0.15) is 0 Å². The Morgan fingerprint density at radius 3 is 3.44 bits per heavy atom. The van der Waals surface area contributed by atoms with E-state index in [0.29, 0.717) is 0 Å². The smallest absolute Gasteiger partial charge is 0.0679 e. The van der Waals surface area contributed by atoms with Crippen LogP contribution in [0.4, 0.5) is 0 Å². The van der Waals surface area contributed by atoms with E-state index in [1.807, 2.05) is 0 Å². The molecule has 1 unspecified atom stereocenters. The second-order valence-electron chi connectivity index (χ2n) is 2.74. The summed E-state index contributed by atoms with van der Waals surface area (Å²) in [5.41, 5.74) is 0. The molecule has 0 radical (unpaired) electrons. The first-order chi connectivity index (χ1) is 4.47. The van der Waals surface area contributed by atoms with Crippen molar-refractivity contribution < 1.29 is 0 Å². The van der Waals surface area contributed by atoms with Gasteiger partial charge in [0, 0.05) is 6.04 Å². The van der Waals surface area contributed by atoms with E-state index in [0.717, 1.165) is 12.7 Å². The average molecular weight is 124 g/mol. The lowest BCUT2D eigenvalue weighted by Crippen LogP contribution is -2.43. The lowest BCUT2D eigenvalue weighted by atomic mass is 10.1. The Morgan fingerprint density at radius 1 is 1.56 bits per heavy atom. The molecule has 2 aliphatic rings. The summed E-state index contributed by atoms with van der Waals surface area (Å²) in [4.78, 5) is 2.38. The van der Waals surface area contributed by atoms with Gasteiger partial charge in [0.05, 0.1) is 6.67 Å². The van der Waals surface area contributed by atoms with Gasteiger partial charge in [-0.05, 0) is 25.6 Å². The first-order valence-electron chi connectivity index (χ1n) is 3.60. The SMILES string of the molecule is C1=CN2CNCCC2C1. The molecule has 50 valence electrons. The van der Waals surface area contributed by atoms with Gasteiger partial charge in [-0.2, -0.15) is 0 Å². The fraction of sp³-hybridized carbons (Fsp3) is 0.714. The number of nitrogens with zero attached hydrogens (tertiary/aromatic N) is 1. The van der Waals surface area contributed by atoms with Crippen molar-refractivity contribution in [3.63, 3.8) is 0 Å². The molecule has 2 nitrogen and oxygen atoms in total. The molecule has 1 saturated heterocycles. The third kappa shape index (κ3) is 0.833. The minimum absolute atomic E-state index is 0.825. The molecule has 2 heteroatoms. The highest BCUT2D eigenvalue weighted by Crippen LogP contribution is 2.17. The zero-order valence-electron chi connectivity index (χ0n) is 5.51. The van der Waals surface area contributed by atoms with Gasteiger partial charge in [-0.3, -0.25) is 5.32 Å². The van der Waals surface area contributed by atoms with Crippen LogP contribution in [-0.4, -0.2) is 24.2 Å². The number of rotatable bonds is 0. The fourth-order valence-corrected chi connectivity index (χ4v) is 1.55. The van der Waals surface area contributed by atoms with E-state index in [1.54, 1.807) is 0 Å². The van der Waals surface area contributed by atoms with Crippen molar-refractivity contribution in [2.45, 2.75) is 18.9 Å². The molecule has 0 aromatic heterocycles. The third-order valence-corrected chi connectivity index (χ3v) is 2.12. The Hall–Kier alpha value is -0.500. The molecule has 1 atom stereocenters. The number of nitrogens with one attached hydrogen (secondary N) is 1. The molecular formula is C7H12N2. The molecule has 2 heterocycles. The van der Waals surface area contributed by atoms with Crippen LogP contribution in [0.2, 0.25) is 0 Å². The van der Waals surface area contributed by atoms with Crippen molar-refractivity contribution in [1.29, 1.82) is 0 Å². The predicted octanol–water partition coefficient (Wildman–Crippen LogP) is 0.525. The second-order valence-corrected chi connectivity index (χ2v) is 2.74. The minimum atomic E-state index is 0.825. The van der Waals surface area contributed by atoms with Crippen LogP contribution < -0.4 is 5.32 Å². The Labute approximate surface area is 55.5 Å². The van der Waals surface area contributed by atoms with E-state index in [4.69, 9.17) is 0 Å². The molecule has 0 aromatic carbocycles.